The Morgan fingerprint density at radius 3 is 2.75 bits per heavy atom. The zero-order valence-electron chi connectivity index (χ0n) is 14.3. The van der Waals surface area contributed by atoms with Crippen LogP contribution in [0.25, 0.3) is 0 Å². The Kier molecular flexibility index (Phi) is 5.13. The van der Waals surface area contributed by atoms with Crippen LogP contribution < -0.4 is 5.32 Å². The zero-order valence-corrected chi connectivity index (χ0v) is 14.3. The highest BCUT2D eigenvalue weighted by Gasteiger charge is 2.19. The van der Waals surface area contributed by atoms with Gasteiger partial charge in [-0.3, -0.25) is 0 Å². The number of anilines is 1. The number of hydrogen-bond donors (Lipinski definition) is 1. The minimum atomic E-state index is -0.132. The number of carbonyl (C=O) groups excluding carboxylic acids is 1. The summed E-state index contributed by atoms with van der Waals surface area (Å²) in [5, 5.41) is 11.0. The number of nitrogens with one attached hydrogen (secondary N) is 1. The van der Waals surface area contributed by atoms with Gasteiger partial charge in [-0.2, -0.15) is 0 Å². The number of aromatic nitrogens is 2. The predicted molar refractivity (Wildman–Crippen MR) is 91.9 cm³/mol. The molecule has 2 aromatic rings. The molecule has 0 aliphatic heterocycles. The first kappa shape index (κ1) is 16.5. The highest BCUT2D eigenvalue weighted by Crippen LogP contribution is 2.28. The van der Waals surface area contributed by atoms with Crippen LogP contribution in [0.15, 0.2) is 22.6 Å². The lowest BCUT2D eigenvalue weighted by atomic mass is 9.90. The summed E-state index contributed by atoms with van der Waals surface area (Å²) in [6.07, 6.45) is 5.22. The minimum absolute atomic E-state index is 0.132. The maximum atomic E-state index is 12.6. The van der Waals surface area contributed by atoms with E-state index in [2.05, 4.69) is 21.6 Å². The van der Waals surface area contributed by atoms with Gasteiger partial charge in [0.15, 0.2) is 0 Å². The van der Waals surface area contributed by atoms with Gasteiger partial charge in [0, 0.05) is 18.7 Å². The summed E-state index contributed by atoms with van der Waals surface area (Å²) < 4.78 is 5.51. The molecule has 6 heteroatoms. The summed E-state index contributed by atoms with van der Waals surface area (Å²) in [4.78, 5) is 14.3. The third-order valence-electron chi connectivity index (χ3n) is 4.44. The van der Waals surface area contributed by atoms with Crippen LogP contribution in [0.4, 0.5) is 10.5 Å². The molecule has 6 nitrogen and oxygen atoms in total. The van der Waals surface area contributed by atoms with Gasteiger partial charge < -0.3 is 14.6 Å². The second-order valence-electron chi connectivity index (χ2n) is 6.04. The molecular weight excluding hydrogens is 304 g/mol. The second-order valence-corrected chi connectivity index (χ2v) is 6.04. The van der Waals surface area contributed by atoms with Gasteiger partial charge in [-0.05, 0) is 49.8 Å². The quantitative estimate of drug-likeness (QED) is 0.911. The molecule has 0 unspecified atom stereocenters. The molecule has 128 valence electrons. The third kappa shape index (κ3) is 3.58. The van der Waals surface area contributed by atoms with Crippen molar-refractivity contribution >= 4 is 11.7 Å². The Hall–Kier alpha value is -2.37. The van der Waals surface area contributed by atoms with Crippen molar-refractivity contribution in [2.45, 2.75) is 52.5 Å². The van der Waals surface area contributed by atoms with E-state index < -0.39 is 0 Å². The summed E-state index contributed by atoms with van der Waals surface area (Å²) in [5.74, 6) is 1.07. The monoisotopic (exact) mass is 328 g/mol. The number of nitrogens with zero attached hydrogens (tertiary/aromatic N) is 3. The summed E-state index contributed by atoms with van der Waals surface area (Å²) in [6.45, 7) is 4.80. The highest BCUT2D eigenvalue weighted by atomic mass is 16.4. The number of aryl methyl sites for hydroxylation is 2. The fraction of sp³-hybridized carbons (Fsp3) is 0.500. The van der Waals surface area contributed by atoms with E-state index in [1.165, 1.54) is 24.0 Å². The van der Waals surface area contributed by atoms with Crippen molar-refractivity contribution in [3.05, 3.63) is 41.1 Å². The smallest absolute Gasteiger partial charge is 0.322 e. The van der Waals surface area contributed by atoms with E-state index in [4.69, 9.17) is 4.42 Å². The Bertz CT molecular complexity index is 711. The van der Waals surface area contributed by atoms with Gasteiger partial charge in [-0.1, -0.05) is 19.1 Å². The molecule has 0 saturated carbocycles. The van der Waals surface area contributed by atoms with E-state index in [1.807, 2.05) is 26.0 Å². The van der Waals surface area contributed by atoms with Crippen molar-refractivity contribution in [1.29, 1.82) is 0 Å². The van der Waals surface area contributed by atoms with Crippen LogP contribution in [0, 0.1) is 0 Å². The van der Waals surface area contributed by atoms with Crippen LogP contribution in [0.2, 0.25) is 0 Å². The fourth-order valence-electron chi connectivity index (χ4n) is 3.08. The van der Waals surface area contributed by atoms with Crippen molar-refractivity contribution in [1.82, 2.24) is 15.1 Å². The van der Waals surface area contributed by atoms with Crippen molar-refractivity contribution in [2.24, 2.45) is 0 Å². The molecular formula is C18H24N4O2. The van der Waals surface area contributed by atoms with Crippen molar-refractivity contribution in [3.63, 3.8) is 0 Å². The lowest BCUT2D eigenvalue weighted by Crippen LogP contribution is -2.34. The van der Waals surface area contributed by atoms with Crippen LogP contribution in [-0.4, -0.2) is 27.7 Å². The molecule has 0 saturated heterocycles. The summed E-state index contributed by atoms with van der Waals surface area (Å²) >= 11 is 0. The van der Waals surface area contributed by atoms with Crippen LogP contribution in [0.1, 0.15) is 49.6 Å². The maximum Gasteiger partial charge on any atom is 0.322 e. The molecule has 3 rings (SSSR count). The van der Waals surface area contributed by atoms with Gasteiger partial charge in [-0.15, -0.1) is 10.2 Å². The van der Waals surface area contributed by atoms with Gasteiger partial charge in [0.1, 0.15) is 6.54 Å². The summed E-state index contributed by atoms with van der Waals surface area (Å²) in [7, 11) is 0. The molecule has 0 radical (unpaired) electrons. The molecule has 1 aliphatic rings. The molecule has 2 amide bonds. The van der Waals surface area contributed by atoms with Crippen molar-refractivity contribution in [2.75, 3.05) is 11.9 Å². The number of amides is 2. The van der Waals surface area contributed by atoms with Crippen LogP contribution >= 0.6 is 0 Å². The highest BCUT2D eigenvalue weighted by molar-refractivity contribution is 5.90. The average molecular weight is 328 g/mol. The van der Waals surface area contributed by atoms with E-state index >= 15 is 0 Å². The molecule has 0 bridgehead atoms. The van der Waals surface area contributed by atoms with Gasteiger partial charge in [0.05, 0.1) is 0 Å². The fourth-order valence-corrected chi connectivity index (χ4v) is 3.08. The first-order chi connectivity index (χ1) is 11.7. The topological polar surface area (TPSA) is 71.3 Å². The van der Waals surface area contributed by atoms with Gasteiger partial charge in [0.25, 0.3) is 0 Å². The molecule has 0 atom stereocenters. The number of carbonyl (C=O) groups is 1. The molecule has 1 heterocycles. The Balaban J connectivity index is 1.70. The van der Waals surface area contributed by atoms with Gasteiger partial charge in [-0.25, -0.2) is 4.79 Å². The standard InChI is InChI=1S/C18H24N4O2/c1-3-16-20-21-17(24-16)12-22(4-2)18(23)19-15-11-7-9-13-8-5-6-10-14(13)15/h7,9,11H,3-6,8,10,12H2,1-2H3,(H,19,23). The lowest BCUT2D eigenvalue weighted by Gasteiger charge is -2.23. The molecule has 0 fully saturated rings. The number of rotatable bonds is 5. The van der Waals surface area contributed by atoms with Crippen molar-refractivity contribution in [3.8, 4) is 0 Å². The number of urea groups is 1. The SMILES string of the molecule is CCc1nnc(CN(CC)C(=O)Nc2cccc3c2CCCC3)o1. The number of fused-ring (bicyclic) bond motifs is 1. The van der Waals surface area contributed by atoms with Crippen LogP contribution in [0.3, 0.4) is 0 Å². The Morgan fingerprint density at radius 1 is 1.21 bits per heavy atom. The second kappa shape index (κ2) is 7.47. The third-order valence-corrected chi connectivity index (χ3v) is 4.44. The lowest BCUT2D eigenvalue weighted by molar-refractivity contribution is 0.205. The van der Waals surface area contributed by atoms with E-state index in [9.17, 15) is 4.79 Å². The average Bonchev–Trinajstić information content (AvgIpc) is 3.07. The summed E-state index contributed by atoms with van der Waals surface area (Å²) in [5.41, 5.74) is 3.56. The van der Waals surface area contributed by atoms with Crippen LogP contribution in [-0.2, 0) is 25.8 Å². The summed E-state index contributed by atoms with van der Waals surface area (Å²) in [6, 6.07) is 6.03. The van der Waals surface area contributed by atoms with E-state index in [0.717, 1.165) is 18.5 Å². The largest absolute Gasteiger partial charge is 0.423 e. The Morgan fingerprint density at radius 2 is 2.00 bits per heavy atom. The predicted octanol–water partition coefficient (Wildman–Crippen LogP) is 3.56. The maximum absolute atomic E-state index is 12.6. The molecule has 1 N–H and O–H groups in total. The molecule has 24 heavy (non-hydrogen) atoms. The number of hydrogen-bond acceptors (Lipinski definition) is 4. The van der Waals surface area contributed by atoms with E-state index in [1.54, 1.807) is 4.90 Å². The first-order valence-electron chi connectivity index (χ1n) is 8.69. The number of benzene rings is 1. The molecule has 0 spiro atoms. The van der Waals surface area contributed by atoms with Gasteiger partial charge in [0.2, 0.25) is 11.8 Å². The minimum Gasteiger partial charge on any atom is -0.423 e. The van der Waals surface area contributed by atoms with Crippen molar-refractivity contribution < 1.29 is 9.21 Å². The molecule has 1 aliphatic carbocycles. The van der Waals surface area contributed by atoms with Crippen LogP contribution in [0.5, 0.6) is 0 Å². The van der Waals surface area contributed by atoms with E-state index in [0.29, 0.717) is 31.3 Å². The first-order valence-corrected chi connectivity index (χ1v) is 8.69. The normalized spacial score (nSPS) is 13.4. The van der Waals surface area contributed by atoms with E-state index in [-0.39, 0.29) is 6.03 Å². The Labute approximate surface area is 142 Å². The zero-order chi connectivity index (χ0) is 16.9. The van der Waals surface area contributed by atoms with Gasteiger partial charge >= 0.3 is 6.03 Å². The molecule has 1 aromatic carbocycles. The molecule has 1 aromatic heterocycles.